The van der Waals surface area contributed by atoms with E-state index in [1.54, 1.807) is 9.13 Å². The molecular weight excluding hydrogens is 514 g/mol. The molecule has 0 spiro atoms. The van der Waals surface area contributed by atoms with E-state index in [2.05, 4.69) is 40.5 Å². The van der Waals surface area contributed by atoms with Crippen molar-refractivity contribution in [2.75, 3.05) is 10.6 Å². The molecule has 9 nitrogen and oxygen atoms in total. The highest BCUT2D eigenvalue weighted by Crippen LogP contribution is 2.29. The Bertz CT molecular complexity index is 1430. The van der Waals surface area contributed by atoms with Crippen LogP contribution in [0.3, 0.4) is 0 Å². The molecule has 39 heavy (non-hydrogen) atoms. The van der Waals surface area contributed by atoms with E-state index < -0.39 is 0 Å². The zero-order valence-corrected chi connectivity index (χ0v) is 23.2. The maximum absolute atomic E-state index is 10.2. The van der Waals surface area contributed by atoms with Crippen LogP contribution in [0.25, 0.3) is 21.8 Å². The van der Waals surface area contributed by atoms with Gasteiger partial charge in [0, 0.05) is 35.2 Å². The number of nitrogens with one attached hydrogen (secondary N) is 2. The average molecular weight is 550 g/mol. The van der Waals surface area contributed by atoms with Gasteiger partial charge in [0.1, 0.15) is 0 Å². The van der Waals surface area contributed by atoms with Gasteiger partial charge < -0.3 is 20.8 Å². The molecule has 0 unspecified atom stereocenters. The number of anilines is 4. The first-order chi connectivity index (χ1) is 18.6. The minimum absolute atomic E-state index is 0. The predicted octanol–water partition coefficient (Wildman–Crippen LogP) is 7.48. The van der Waals surface area contributed by atoms with Gasteiger partial charge in [-0.25, -0.2) is 15.0 Å². The van der Waals surface area contributed by atoms with E-state index in [9.17, 15) is 10.2 Å². The number of imidazole rings is 2. The van der Waals surface area contributed by atoms with Crippen molar-refractivity contribution in [3.05, 3.63) is 54.9 Å². The van der Waals surface area contributed by atoms with Crippen molar-refractivity contribution in [2.24, 2.45) is 0 Å². The number of fused-ring (bicyclic) bond motifs is 2. The lowest BCUT2D eigenvalue weighted by Crippen LogP contribution is -2.04. The van der Waals surface area contributed by atoms with E-state index in [1.807, 2.05) is 36.4 Å². The highest BCUT2D eigenvalue weighted by molar-refractivity contribution is 5.95. The van der Waals surface area contributed by atoms with Crippen LogP contribution in [-0.2, 0) is 13.1 Å². The first-order valence-electron chi connectivity index (χ1n) is 13.4. The molecule has 0 aliphatic rings. The second-order valence-electron chi connectivity index (χ2n) is 9.65. The molecule has 0 aliphatic heterocycles. The van der Waals surface area contributed by atoms with Crippen molar-refractivity contribution in [3.63, 3.8) is 0 Å². The Morgan fingerprint density at radius 3 is 1.56 bits per heavy atom. The van der Waals surface area contributed by atoms with E-state index in [1.165, 1.54) is 12.4 Å². The summed E-state index contributed by atoms with van der Waals surface area (Å²) < 4.78 is 3.60. The first kappa shape index (κ1) is 28.0. The van der Waals surface area contributed by atoms with E-state index in [0.29, 0.717) is 25.0 Å². The lowest BCUT2D eigenvalue weighted by Gasteiger charge is -2.12. The summed E-state index contributed by atoms with van der Waals surface area (Å²) in [5.74, 6) is 1.55. The van der Waals surface area contributed by atoms with Crippen LogP contribution in [0.2, 0.25) is 0 Å². The highest BCUT2D eigenvalue weighted by Gasteiger charge is 2.12. The molecule has 4 N–H and O–H groups in total. The van der Waals surface area contributed by atoms with Crippen molar-refractivity contribution in [1.82, 2.24) is 24.1 Å². The summed E-state index contributed by atoms with van der Waals surface area (Å²) in [5, 5.41) is 29.2. The number of unbranched alkanes of at least 4 members (excludes halogenated alkanes) is 4. The molecule has 0 bridgehead atoms. The Hall–Kier alpha value is -3.98. The SMILES string of the molecule is CCCCCn1c(O)cnc1Nc1ccc2cc3ccc(Nc4ncc(O)n4CCCCC)cc3nc2c1.Cl. The molecule has 0 saturated carbocycles. The van der Waals surface area contributed by atoms with Crippen LogP contribution >= 0.6 is 12.4 Å². The molecule has 10 heteroatoms. The second kappa shape index (κ2) is 12.7. The standard InChI is InChI=1S/C29H35N7O2.ClH/c1-3-5-7-13-35-26(37)18-30-28(35)32-22-11-9-20-15-21-10-12-23(17-25(21)34-24(20)16-22)33-29-31-19-27(38)36(29)14-8-6-4-2;/h9-12,15-19,37-38H,3-8,13-14H2,1-2H3,(H,30,32)(H,31,33);1H. The van der Waals surface area contributed by atoms with Gasteiger partial charge >= 0.3 is 0 Å². The number of halogens is 1. The third-order valence-corrected chi connectivity index (χ3v) is 6.76. The molecule has 0 amide bonds. The third kappa shape index (κ3) is 6.37. The van der Waals surface area contributed by atoms with Crippen molar-refractivity contribution in [1.29, 1.82) is 0 Å². The van der Waals surface area contributed by atoms with Gasteiger partial charge in [-0.3, -0.25) is 9.13 Å². The Kier molecular flexibility index (Phi) is 9.14. The minimum atomic E-state index is 0. The van der Waals surface area contributed by atoms with Crippen molar-refractivity contribution in [2.45, 2.75) is 65.5 Å². The molecule has 206 valence electrons. The summed E-state index contributed by atoms with van der Waals surface area (Å²) in [7, 11) is 0. The maximum Gasteiger partial charge on any atom is 0.212 e. The summed E-state index contributed by atoms with van der Waals surface area (Å²) in [6.07, 6.45) is 9.35. The lowest BCUT2D eigenvalue weighted by molar-refractivity contribution is 0.412. The molecular formula is C29H36ClN7O2. The smallest absolute Gasteiger partial charge is 0.212 e. The summed E-state index contributed by atoms with van der Waals surface area (Å²) in [5.41, 5.74) is 3.41. The van der Waals surface area contributed by atoms with Gasteiger partial charge in [-0.1, -0.05) is 51.7 Å². The lowest BCUT2D eigenvalue weighted by atomic mass is 10.1. The van der Waals surface area contributed by atoms with Crippen molar-refractivity contribution < 1.29 is 10.2 Å². The molecule has 0 fully saturated rings. The van der Waals surface area contributed by atoms with E-state index in [4.69, 9.17) is 4.98 Å². The first-order valence-corrected chi connectivity index (χ1v) is 13.4. The van der Waals surface area contributed by atoms with Crippen LogP contribution in [0.5, 0.6) is 11.8 Å². The van der Waals surface area contributed by atoms with Gasteiger partial charge in [0.15, 0.2) is 0 Å². The van der Waals surface area contributed by atoms with Crippen LogP contribution in [0, 0.1) is 0 Å². The van der Waals surface area contributed by atoms with Crippen LogP contribution < -0.4 is 10.6 Å². The van der Waals surface area contributed by atoms with Crippen LogP contribution in [-0.4, -0.2) is 34.3 Å². The molecule has 0 aliphatic carbocycles. The normalized spacial score (nSPS) is 11.1. The van der Waals surface area contributed by atoms with Crippen molar-refractivity contribution in [3.8, 4) is 11.8 Å². The number of hydrogen-bond donors (Lipinski definition) is 4. The number of rotatable bonds is 12. The topological polar surface area (TPSA) is 113 Å². The van der Waals surface area contributed by atoms with Crippen LogP contribution in [0.1, 0.15) is 52.4 Å². The Morgan fingerprint density at radius 2 is 1.13 bits per heavy atom. The molecule has 5 rings (SSSR count). The number of aromatic hydroxyl groups is 2. The maximum atomic E-state index is 10.2. The molecule has 5 aromatic rings. The minimum Gasteiger partial charge on any atom is -0.493 e. The Labute approximate surface area is 234 Å². The molecule has 0 radical (unpaired) electrons. The van der Waals surface area contributed by atoms with Gasteiger partial charge in [-0.05, 0) is 43.2 Å². The van der Waals surface area contributed by atoms with Crippen LogP contribution in [0.15, 0.2) is 54.9 Å². The highest BCUT2D eigenvalue weighted by atomic mass is 35.5. The summed E-state index contributed by atoms with van der Waals surface area (Å²) >= 11 is 0. The summed E-state index contributed by atoms with van der Waals surface area (Å²) in [6.45, 7) is 5.74. The van der Waals surface area contributed by atoms with Gasteiger partial charge in [-0.2, -0.15) is 0 Å². The monoisotopic (exact) mass is 549 g/mol. The fourth-order valence-electron chi connectivity index (χ4n) is 4.65. The van der Waals surface area contributed by atoms with E-state index >= 15 is 0 Å². The zero-order chi connectivity index (χ0) is 26.5. The van der Waals surface area contributed by atoms with Gasteiger partial charge in [0.05, 0.1) is 23.4 Å². The molecule has 0 atom stereocenters. The summed E-state index contributed by atoms with van der Waals surface area (Å²) in [4.78, 5) is 13.6. The number of nitrogens with zero attached hydrogens (tertiary/aromatic N) is 5. The van der Waals surface area contributed by atoms with E-state index in [-0.39, 0.29) is 24.2 Å². The van der Waals surface area contributed by atoms with Gasteiger partial charge in [0.25, 0.3) is 0 Å². The largest absolute Gasteiger partial charge is 0.493 e. The van der Waals surface area contributed by atoms with Gasteiger partial charge in [-0.15, -0.1) is 12.4 Å². The quantitative estimate of drug-likeness (QED) is 0.0941. The number of pyridine rings is 1. The second-order valence-corrected chi connectivity index (χ2v) is 9.65. The number of benzene rings is 2. The van der Waals surface area contributed by atoms with Crippen LogP contribution in [0.4, 0.5) is 23.3 Å². The fourth-order valence-corrected chi connectivity index (χ4v) is 4.65. The fraction of sp³-hybridized carbons (Fsp3) is 0.345. The van der Waals surface area contributed by atoms with Gasteiger partial charge in [0.2, 0.25) is 23.7 Å². The Balaban J connectivity index is 0.00000353. The van der Waals surface area contributed by atoms with Crippen molar-refractivity contribution >= 4 is 57.5 Å². The third-order valence-electron chi connectivity index (χ3n) is 6.76. The molecule has 3 aromatic heterocycles. The number of aromatic nitrogens is 5. The molecule has 2 aromatic carbocycles. The number of hydrogen-bond acceptors (Lipinski definition) is 7. The predicted molar refractivity (Wildman–Crippen MR) is 160 cm³/mol. The molecule has 3 heterocycles. The zero-order valence-electron chi connectivity index (χ0n) is 22.4. The Morgan fingerprint density at radius 1 is 0.667 bits per heavy atom. The van der Waals surface area contributed by atoms with E-state index in [0.717, 1.165) is 71.7 Å². The average Bonchev–Trinajstić information content (AvgIpc) is 3.44. The summed E-state index contributed by atoms with van der Waals surface area (Å²) in [6, 6.07) is 14.2. The molecule has 0 saturated heterocycles.